The van der Waals surface area contributed by atoms with Gasteiger partial charge in [-0.05, 0) is 100 Å². The van der Waals surface area contributed by atoms with E-state index in [4.69, 9.17) is 4.74 Å². The molecule has 1 aromatic carbocycles. The van der Waals surface area contributed by atoms with Crippen LogP contribution in [0.1, 0.15) is 140 Å². The summed E-state index contributed by atoms with van der Waals surface area (Å²) < 4.78 is 37.4. The van der Waals surface area contributed by atoms with Gasteiger partial charge in [0.1, 0.15) is 0 Å². The molecule has 3 aliphatic carbocycles. The summed E-state index contributed by atoms with van der Waals surface area (Å²) >= 11 is 0. The second-order valence-corrected chi connectivity index (χ2v) is 11.7. The number of ether oxygens (including phenoxy) is 1. The molecule has 4 rings (SSSR count). The van der Waals surface area contributed by atoms with Crippen molar-refractivity contribution in [1.82, 2.24) is 0 Å². The van der Waals surface area contributed by atoms with Gasteiger partial charge in [0.25, 0.3) is 0 Å². The van der Waals surface area contributed by atoms with E-state index >= 15 is 8.78 Å². The van der Waals surface area contributed by atoms with Gasteiger partial charge < -0.3 is 4.74 Å². The molecule has 3 aliphatic rings. The molecule has 0 N–H and O–H groups in total. The van der Waals surface area contributed by atoms with E-state index in [2.05, 4.69) is 13.8 Å². The van der Waals surface area contributed by atoms with Crippen LogP contribution in [0.15, 0.2) is 12.1 Å². The van der Waals surface area contributed by atoms with E-state index < -0.39 is 11.6 Å². The van der Waals surface area contributed by atoms with Gasteiger partial charge in [0.2, 0.25) is 0 Å². The maximum atomic E-state index is 15.9. The predicted octanol–water partition coefficient (Wildman–Crippen LogP) is 9.62. The Bertz CT molecular complexity index is 753. The van der Waals surface area contributed by atoms with Crippen LogP contribution in [0.2, 0.25) is 0 Å². The first-order valence-corrected chi connectivity index (χ1v) is 14.7. The lowest BCUT2D eigenvalue weighted by atomic mass is 9.58. The molecule has 0 heterocycles. The van der Waals surface area contributed by atoms with Crippen LogP contribution in [0.5, 0.6) is 0 Å². The van der Waals surface area contributed by atoms with Crippen LogP contribution >= 0.6 is 0 Å². The van der Waals surface area contributed by atoms with Gasteiger partial charge in [-0.2, -0.15) is 0 Å². The first-order chi connectivity index (χ1) is 16.6. The molecule has 0 radical (unpaired) electrons. The van der Waals surface area contributed by atoms with E-state index in [0.29, 0.717) is 23.1 Å². The largest absolute Gasteiger partial charge is 0.379 e. The quantitative estimate of drug-likeness (QED) is 0.324. The summed E-state index contributed by atoms with van der Waals surface area (Å²) in [5, 5.41) is 0. The van der Waals surface area contributed by atoms with Gasteiger partial charge in [-0.15, -0.1) is 0 Å². The summed E-state index contributed by atoms with van der Waals surface area (Å²) in [4.78, 5) is 0. The molecule has 3 fully saturated rings. The molecular weight excluding hydrogens is 426 g/mol. The van der Waals surface area contributed by atoms with Crippen LogP contribution in [0.3, 0.4) is 0 Å². The third-order valence-corrected chi connectivity index (χ3v) is 9.75. The van der Waals surface area contributed by atoms with Gasteiger partial charge in [-0.25, -0.2) is 8.78 Å². The molecule has 0 bridgehead atoms. The second kappa shape index (κ2) is 12.3. The molecule has 1 nitrogen and oxygen atoms in total. The van der Waals surface area contributed by atoms with Crippen LogP contribution in [0, 0.1) is 23.5 Å². The standard InChI is InChI=1S/C31H48F2O/c1-3-5-7-10-23-11-13-24(14-12-23)27-19-20-28(30(33)29(27)32)31(21-8-6-9-22-31)25-15-17-26(18-16-25)34-4-2/h19-20,23-26H,3-18,21-22H2,1-2H3. The van der Waals surface area contributed by atoms with Crippen molar-refractivity contribution in [2.75, 3.05) is 6.61 Å². The molecule has 0 saturated heterocycles. The van der Waals surface area contributed by atoms with Crippen molar-refractivity contribution in [3.8, 4) is 0 Å². The van der Waals surface area contributed by atoms with Gasteiger partial charge in [0.05, 0.1) is 6.10 Å². The average molecular weight is 475 g/mol. The Morgan fingerprint density at radius 1 is 0.824 bits per heavy atom. The van der Waals surface area contributed by atoms with E-state index in [9.17, 15) is 0 Å². The molecule has 0 spiro atoms. The molecule has 0 aromatic heterocycles. The lowest BCUT2D eigenvalue weighted by molar-refractivity contribution is 0.00829. The highest BCUT2D eigenvalue weighted by atomic mass is 19.2. The monoisotopic (exact) mass is 474 g/mol. The topological polar surface area (TPSA) is 9.23 Å². The fourth-order valence-electron chi connectivity index (χ4n) is 7.81. The zero-order valence-corrected chi connectivity index (χ0v) is 21.9. The second-order valence-electron chi connectivity index (χ2n) is 11.7. The first kappa shape index (κ1) is 26.1. The van der Waals surface area contributed by atoms with E-state index in [1.807, 2.05) is 12.1 Å². The lowest BCUT2D eigenvalue weighted by Gasteiger charge is -2.47. The minimum absolute atomic E-state index is 0.185. The fourth-order valence-corrected chi connectivity index (χ4v) is 7.81. The lowest BCUT2D eigenvalue weighted by Crippen LogP contribution is -2.41. The minimum Gasteiger partial charge on any atom is -0.379 e. The van der Waals surface area contributed by atoms with Crippen molar-refractivity contribution >= 4 is 0 Å². The van der Waals surface area contributed by atoms with E-state index in [1.165, 1.54) is 44.9 Å². The molecule has 0 amide bonds. The fraction of sp³-hybridized carbons (Fsp3) is 0.806. The van der Waals surface area contributed by atoms with Crippen molar-refractivity contribution in [2.24, 2.45) is 11.8 Å². The Morgan fingerprint density at radius 2 is 1.53 bits per heavy atom. The molecular formula is C31H48F2O. The van der Waals surface area contributed by atoms with Crippen LogP contribution in [0.25, 0.3) is 0 Å². The maximum absolute atomic E-state index is 15.9. The Balaban J connectivity index is 1.49. The summed E-state index contributed by atoms with van der Waals surface area (Å²) in [6, 6.07) is 4.00. The van der Waals surface area contributed by atoms with E-state index in [1.54, 1.807) is 0 Å². The summed E-state index contributed by atoms with van der Waals surface area (Å²) in [5.74, 6) is 0.376. The summed E-state index contributed by atoms with van der Waals surface area (Å²) in [5.41, 5.74) is 1.16. The van der Waals surface area contributed by atoms with E-state index in [-0.39, 0.29) is 11.3 Å². The van der Waals surface area contributed by atoms with Gasteiger partial charge in [0, 0.05) is 12.0 Å². The Labute approximate surface area is 207 Å². The van der Waals surface area contributed by atoms with Crippen LogP contribution < -0.4 is 0 Å². The van der Waals surface area contributed by atoms with Crippen molar-refractivity contribution in [1.29, 1.82) is 0 Å². The van der Waals surface area contributed by atoms with Crippen molar-refractivity contribution in [2.45, 2.75) is 140 Å². The Morgan fingerprint density at radius 3 is 2.18 bits per heavy atom. The number of benzene rings is 1. The summed E-state index contributed by atoms with van der Waals surface area (Å²) in [6.45, 7) is 5.08. The molecule has 0 unspecified atom stereocenters. The SMILES string of the molecule is CCCCCC1CCC(c2ccc(C3(C4CCC(OCC)CC4)CCCCC3)c(F)c2F)CC1. The number of rotatable bonds is 9. The molecule has 0 atom stereocenters. The van der Waals surface area contributed by atoms with Crippen LogP contribution in [-0.4, -0.2) is 12.7 Å². The summed E-state index contributed by atoms with van der Waals surface area (Å²) in [7, 11) is 0. The molecule has 34 heavy (non-hydrogen) atoms. The van der Waals surface area contributed by atoms with Crippen molar-refractivity contribution in [3.05, 3.63) is 34.9 Å². The van der Waals surface area contributed by atoms with E-state index in [0.717, 1.165) is 76.7 Å². The van der Waals surface area contributed by atoms with Crippen molar-refractivity contribution in [3.63, 3.8) is 0 Å². The predicted molar refractivity (Wildman–Crippen MR) is 137 cm³/mol. The number of halogens is 2. The molecule has 3 saturated carbocycles. The zero-order valence-electron chi connectivity index (χ0n) is 21.9. The minimum atomic E-state index is -0.528. The average Bonchev–Trinajstić information content (AvgIpc) is 2.87. The van der Waals surface area contributed by atoms with Gasteiger partial charge in [-0.1, -0.05) is 64.0 Å². The Hall–Kier alpha value is -0.960. The number of unbranched alkanes of at least 4 members (excludes halogenated alkanes) is 2. The molecule has 1 aromatic rings. The van der Waals surface area contributed by atoms with Crippen LogP contribution in [-0.2, 0) is 10.2 Å². The highest BCUT2D eigenvalue weighted by molar-refractivity contribution is 5.35. The highest BCUT2D eigenvalue weighted by Crippen LogP contribution is 2.52. The third kappa shape index (κ3) is 5.71. The molecule has 192 valence electrons. The normalized spacial score (nSPS) is 29.8. The highest BCUT2D eigenvalue weighted by Gasteiger charge is 2.45. The smallest absolute Gasteiger partial charge is 0.162 e. The number of hydrogen-bond donors (Lipinski definition) is 0. The summed E-state index contributed by atoms with van der Waals surface area (Å²) in [6.07, 6.45) is 19.7. The molecule has 3 heteroatoms. The van der Waals surface area contributed by atoms with Crippen molar-refractivity contribution < 1.29 is 13.5 Å². The van der Waals surface area contributed by atoms with Crippen LogP contribution in [0.4, 0.5) is 8.78 Å². The first-order valence-electron chi connectivity index (χ1n) is 14.7. The zero-order chi connectivity index (χ0) is 24.0. The third-order valence-electron chi connectivity index (χ3n) is 9.75. The maximum Gasteiger partial charge on any atom is 0.162 e. The van der Waals surface area contributed by atoms with Gasteiger partial charge in [-0.3, -0.25) is 0 Å². The number of hydrogen-bond acceptors (Lipinski definition) is 1. The molecule has 0 aliphatic heterocycles. The Kier molecular flexibility index (Phi) is 9.47. The van der Waals surface area contributed by atoms with Gasteiger partial charge >= 0.3 is 0 Å². The van der Waals surface area contributed by atoms with Gasteiger partial charge in [0.15, 0.2) is 11.6 Å².